The zero-order valence-electron chi connectivity index (χ0n) is 17.6. The molecule has 3 heterocycles. The number of benzene rings is 1. The minimum absolute atomic E-state index is 0.0618. The molecule has 1 aliphatic heterocycles. The van der Waals surface area contributed by atoms with Gasteiger partial charge in [-0.1, -0.05) is 41.7 Å². The lowest BCUT2D eigenvalue weighted by Gasteiger charge is -2.25. The highest BCUT2D eigenvalue weighted by molar-refractivity contribution is 7.19. The molecule has 8 nitrogen and oxygen atoms in total. The minimum atomic E-state index is -0.149. The van der Waals surface area contributed by atoms with Gasteiger partial charge < -0.3 is 10.1 Å². The summed E-state index contributed by atoms with van der Waals surface area (Å²) >= 11 is 1.36. The molecule has 1 aromatic carbocycles. The summed E-state index contributed by atoms with van der Waals surface area (Å²) < 4.78 is 6.80. The zero-order valence-corrected chi connectivity index (χ0v) is 18.4. The van der Waals surface area contributed by atoms with Crippen LogP contribution < -0.4 is 10.9 Å². The topological polar surface area (TPSA) is 89.3 Å². The maximum atomic E-state index is 12.6. The molecule has 3 aromatic rings. The number of ether oxygens (including phenoxy) is 1. The van der Waals surface area contributed by atoms with Gasteiger partial charge in [-0.15, -0.1) is 0 Å². The van der Waals surface area contributed by atoms with E-state index in [1.807, 2.05) is 44.2 Å². The third kappa shape index (κ3) is 5.07. The van der Waals surface area contributed by atoms with Crippen molar-refractivity contribution < 1.29 is 9.53 Å². The predicted molar refractivity (Wildman–Crippen MR) is 121 cm³/mol. The van der Waals surface area contributed by atoms with Crippen LogP contribution in [-0.2, 0) is 9.53 Å². The first-order chi connectivity index (χ1) is 15.0. The number of hydrogen-bond donors (Lipinski definition) is 1. The molecule has 0 atom stereocenters. The van der Waals surface area contributed by atoms with Gasteiger partial charge in [-0.25, -0.2) is 9.67 Å². The van der Waals surface area contributed by atoms with Crippen molar-refractivity contribution in [1.82, 2.24) is 19.7 Å². The molecule has 1 fully saturated rings. The molecular weight excluding hydrogens is 414 g/mol. The fourth-order valence-electron chi connectivity index (χ4n) is 3.38. The van der Waals surface area contributed by atoms with Crippen molar-refractivity contribution in [2.45, 2.75) is 19.9 Å². The van der Waals surface area contributed by atoms with Crippen LogP contribution in [0.1, 0.15) is 19.9 Å². The van der Waals surface area contributed by atoms with E-state index < -0.39 is 0 Å². The van der Waals surface area contributed by atoms with E-state index in [0.29, 0.717) is 30.6 Å². The van der Waals surface area contributed by atoms with Gasteiger partial charge in [-0.05, 0) is 19.9 Å². The van der Waals surface area contributed by atoms with E-state index in [0.717, 1.165) is 29.2 Å². The molecule has 0 radical (unpaired) electrons. The first-order valence-electron chi connectivity index (χ1n) is 10.3. The van der Waals surface area contributed by atoms with Crippen molar-refractivity contribution in [1.29, 1.82) is 0 Å². The fraction of sp³-hybridized carbons (Fsp3) is 0.364. The second-order valence-corrected chi connectivity index (χ2v) is 8.59. The van der Waals surface area contributed by atoms with Gasteiger partial charge in [0.15, 0.2) is 5.13 Å². The molecule has 31 heavy (non-hydrogen) atoms. The largest absolute Gasteiger partial charge is 0.379 e. The summed E-state index contributed by atoms with van der Waals surface area (Å²) in [4.78, 5) is 32.3. The normalized spacial score (nSPS) is 14.7. The van der Waals surface area contributed by atoms with E-state index in [9.17, 15) is 9.59 Å². The Morgan fingerprint density at radius 3 is 2.61 bits per heavy atom. The van der Waals surface area contributed by atoms with Crippen molar-refractivity contribution in [2.24, 2.45) is 0 Å². The summed E-state index contributed by atoms with van der Waals surface area (Å²) in [5.74, 6) is -0.109. The Hall–Kier alpha value is -2.88. The number of aromatic nitrogens is 3. The summed E-state index contributed by atoms with van der Waals surface area (Å²) in [7, 11) is 0. The molecule has 1 saturated heterocycles. The van der Waals surface area contributed by atoms with Gasteiger partial charge in [0.25, 0.3) is 5.56 Å². The Morgan fingerprint density at radius 2 is 1.90 bits per heavy atom. The molecule has 0 aliphatic carbocycles. The van der Waals surface area contributed by atoms with Gasteiger partial charge in [-0.3, -0.25) is 14.5 Å². The fourth-order valence-corrected chi connectivity index (χ4v) is 4.35. The summed E-state index contributed by atoms with van der Waals surface area (Å²) in [5.41, 5.74) is 2.15. The molecule has 4 rings (SSSR count). The Balaban J connectivity index is 1.66. The summed E-state index contributed by atoms with van der Waals surface area (Å²) in [6.45, 7) is 6.91. The number of nitrogens with zero attached hydrogens (tertiary/aromatic N) is 4. The van der Waals surface area contributed by atoms with Crippen LogP contribution in [-0.4, -0.2) is 58.4 Å². The van der Waals surface area contributed by atoms with Crippen LogP contribution in [0.15, 0.2) is 47.3 Å². The number of morpholine rings is 1. The Morgan fingerprint density at radius 1 is 1.16 bits per heavy atom. The zero-order chi connectivity index (χ0) is 21.8. The number of anilines is 1. The van der Waals surface area contributed by atoms with Gasteiger partial charge in [0.2, 0.25) is 5.91 Å². The molecule has 9 heteroatoms. The Kier molecular flexibility index (Phi) is 6.55. The molecule has 0 bridgehead atoms. The highest BCUT2D eigenvalue weighted by Crippen LogP contribution is 2.38. The molecule has 0 saturated carbocycles. The number of carbonyl (C=O) groups excluding carboxylic acids is 1. The minimum Gasteiger partial charge on any atom is -0.379 e. The van der Waals surface area contributed by atoms with Gasteiger partial charge in [0.1, 0.15) is 5.69 Å². The second-order valence-electron chi connectivity index (χ2n) is 7.59. The van der Waals surface area contributed by atoms with Crippen LogP contribution in [0.25, 0.3) is 21.8 Å². The Labute approximate surface area is 184 Å². The lowest BCUT2D eigenvalue weighted by atomic mass is 10.1. The van der Waals surface area contributed by atoms with Crippen LogP contribution in [0.4, 0.5) is 5.13 Å². The van der Waals surface area contributed by atoms with Crippen LogP contribution >= 0.6 is 11.3 Å². The molecule has 1 N–H and O–H groups in total. The average Bonchev–Trinajstić information content (AvgIpc) is 3.18. The van der Waals surface area contributed by atoms with Gasteiger partial charge in [-0.2, -0.15) is 5.10 Å². The first kappa shape index (κ1) is 21.4. The van der Waals surface area contributed by atoms with Crippen molar-refractivity contribution in [2.75, 3.05) is 38.2 Å². The van der Waals surface area contributed by atoms with E-state index in [-0.39, 0.29) is 17.5 Å². The third-order valence-corrected chi connectivity index (χ3v) is 5.93. The molecular formula is C22H25N5O3S. The van der Waals surface area contributed by atoms with E-state index in [2.05, 4.69) is 15.3 Å². The third-order valence-electron chi connectivity index (χ3n) is 4.94. The quantitative estimate of drug-likeness (QED) is 0.635. The molecule has 0 unspecified atom stereocenters. The van der Waals surface area contributed by atoms with Crippen molar-refractivity contribution in [3.8, 4) is 21.8 Å². The van der Waals surface area contributed by atoms with Crippen LogP contribution in [0.2, 0.25) is 0 Å². The number of rotatable bonds is 6. The summed E-state index contributed by atoms with van der Waals surface area (Å²) in [6, 6.07) is 12.9. The first-order valence-corrected chi connectivity index (χ1v) is 11.1. The molecule has 0 spiro atoms. The lowest BCUT2D eigenvalue weighted by molar-refractivity contribution is -0.118. The number of amides is 1. The predicted octanol–water partition coefficient (Wildman–Crippen LogP) is 2.89. The van der Waals surface area contributed by atoms with E-state index in [1.54, 1.807) is 6.07 Å². The number of nitrogens with one attached hydrogen (secondary N) is 1. The van der Waals surface area contributed by atoms with E-state index in [4.69, 9.17) is 9.72 Å². The molecule has 162 valence electrons. The van der Waals surface area contributed by atoms with E-state index >= 15 is 0 Å². The van der Waals surface area contributed by atoms with Gasteiger partial charge in [0, 0.05) is 24.7 Å². The maximum absolute atomic E-state index is 12.6. The van der Waals surface area contributed by atoms with Crippen LogP contribution in [0, 0.1) is 0 Å². The maximum Gasteiger partial charge on any atom is 0.267 e. The van der Waals surface area contributed by atoms with Crippen molar-refractivity contribution in [3.63, 3.8) is 0 Å². The SMILES string of the molecule is CC(C)n1nc(-c2sc(NC(=O)CN3CCOCC3)nc2-c2ccccc2)ccc1=O. The number of carbonyl (C=O) groups is 1. The summed E-state index contributed by atoms with van der Waals surface area (Å²) in [6.07, 6.45) is 0. The highest BCUT2D eigenvalue weighted by Gasteiger charge is 2.20. The summed E-state index contributed by atoms with van der Waals surface area (Å²) in [5, 5.41) is 7.99. The van der Waals surface area contributed by atoms with Crippen LogP contribution in [0.5, 0.6) is 0 Å². The van der Waals surface area contributed by atoms with Crippen molar-refractivity contribution >= 4 is 22.4 Å². The van der Waals surface area contributed by atoms with Gasteiger partial charge >= 0.3 is 0 Å². The standard InChI is InChI=1S/C22H25N5O3S/c1-15(2)27-19(29)9-8-17(25-27)21-20(16-6-4-3-5-7-16)24-22(31-21)23-18(28)14-26-10-12-30-13-11-26/h3-9,15H,10-14H2,1-2H3,(H,23,24,28). The molecule has 2 aromatic heterocycles. The Bertz CT molecular complexity index is 1100. The second kappa shape index (κ2) is 9.51. The van der Waals surface area contributed by atoms with Crippen molar-refractivity contribution in [3.05, 3.63) is 52.8 Å². The number of thiazole rings is 1. The lowest BCUT2D eigenvalue weighted by Crippen LogP contribution is -2.41. The van der Waals surface area contributed by atoms with E-state index in [1.165, 1.54) is 22.1 Å². The van der Waals surface area contributed by atoms with Crippen LogP contribution in [0.3, 0.4) is 0 Å². The molecule has 1 amide bonds. The van der Waals surface area contributed by atoms with Gasteiger partial charge in [0.05, 0.1) is 36.4 Å². The highest BCUT2D eigenvalue weighted by atomic mass is 32.1. The monoisotopic (exact) mass is 439 g/mol. The number of hydrogen-bond acceptors (Lipinski definition) is 7. The molecule has 1 aliphatic rings. The smallest absolute Gasteiger partial charge is 0.267 e. The average molecular weight is 440 g/mol.